The summed E-state index contributed by atoms with van der Waals surface area (Å²) < 4.78 is 5.09. The quantitative estimate of drug-likeness (QED) is 0.575. The average Bonchev–Trinajstić information content (AvgIpc) is 3.12. The Bertz CT molecular complexity index is 806. The number of furan rings is 1. The van der Waals surface area contributed by atoms with E-state index in [4.69, 9.17) is 16.0 Å². The molecule has 0 atom stereocenters. The van der Waals surface area contributed by atoms with Crippen molar-refractivity contribution in [1.29, 1.82) is 0 Å². The lowest BCUT2D eigenvalue weighted by Crippen LogP contribution is -2.30. The lowest BCUT2D eigenvalue weighted by molar-refractivity contribution is -0.117. The average molecular weight is 303 g/mol. The zero-order valence-corrected chi connectivity index (χ0v) is 11.6. The molecular weight excluding hydrogens is 292 g/mol. The minimum Gasteiger partial charge on any atom is -0.467 e. The number of halogens is 1. The first-order valence-corrected chi connectivity index (χ1v) is 6.64. The lowest BCUT2D eigenvalue weighted by atomic mass is 10.1. The number of carbonyl (C=O) groups excluding carboxylic acids is 2. The molecule has 2 aromatic heterocycles. The van der Waals surface area contributed by atoms with Gasteiger partial charge >= 0.3 is 0 Å². The Kier molecular flexibility index (Phi) is 3.50. The lowest BCUT2D eigenvalue weighted by Gasteiger charge is -2.02. The summed E-state index contributed by atoms with van der Waals surface area (Å²) in [5.74, 6) is -0.722. The van der Waals surface area contributed by atoms with Crippen molar-refractivity contribution in [3.05, 3.63) is 59.1 Å². The third-order valence-electron chi connectivity index (χ3n) is 3.10. The molecule has 3 rings (SSSR count). The van der Waals surface area contributed by atoms with Crippen molar-refractivity contribution in [2.45, 2.75) is 6.54 Å². The van der Waals surface area contributed by atoms with E-state index in [-0.39, 0.29) is 6.54 Å². The van der Waals surface area contributed by atoms with Gasteiger partial charge in [0.05, 0.1) is 18.4 Å². The van der Waals surface area contributed by atoms with Crippen LogP contribution >= 0.6 is 11.6 Å². The van der Waals surface area contributed by atoms with E-state index in [1.54, 1.807) is 30.3 Å². The minimum absolute atomic E-state index is 0.167. The monoisotopic (exact) mass is 302 g/mol. The summed E-state index contributed by atoms with van der Waals surface area (Å²) in [6.45, 7) is 0.167. The van der Waals surface area contributed by atoms with Crippen LogP contribution in [0.3, 0.4) is 0 Å². The van der Waals surface area contributed by atoms with Crippen molar-refractivity contribution in [3.8, 4) is 0 Å². The molecule has 0 unspecified atom stereocenters. The van der Waals surface area contributed by atoms with Gasteiger partial charge in [0.2, 0.25) is 0 Å². The number of amides is 1. The van der Waals surface area contributed by atoms with Gasteiger partial charge in [-0.3, -0.25) is 9.59 Å². The molecule has 0 spiro atoms. The zero-order chi connectivity index (χ0) is 14.8. The first-order chi connectivity index (χ1) is 10.1. The number of aromatic amines is 1. The topological polar surface area (TPSA) is 75.1 Å². The molecule has 0 bridgehead atoms. The number of rotatable bonds is 4. The van der Waals surface area contributed by atoms with Gasteiger partial charge in [-0.2, -0.15) is 0 Å². The van der Waals surface area contributed by atoms with Gasteiger partial charge in [0, 0.05) is 22.1 Å². The van der Waals surface area contributed by atoms with Gasteiger partial charge in [0.25, 0.3) is 11.7 Å². The smallest absolute Gasteiger partial charge is 0.292 e. The highest BCUT2D eigenvalue weighted by molar-refractivity contribution is 6.45. The summed E-state index contributed by atoms with van der Waals surface area (Å²) in [6, 6.07) is 8.56. The number of ketones is 1. The maximum Gasteiger partial charge on any atom is 0.292 e. The standard InChI is InChI=1S/C15H11ClN2O3/c16-9-3-4-13-11(6-9)12(8-17-13)14(19)15(20)18-7-10-2-1-5-21-10/h1-6,8,17H,7H2,(H,18,20). The van der Waals surface area contributed by atoms with Gasteiger partial charge in [-0.25, -0.2) is 0 Å². The summed E-state index contributed by atoms with van der Waals surface area (Å²) in [7, 11) is 0. The van der Waals surface area contributed by atoms with Crippen LogP contribution in [-0.4, -0.2) is 16.7 Å². The Morgan fingerprint density at radius 3 is 2.90 bits per heavy atom. The van der Waals surface area contributed by atoms with E-state index in [9.17, 15) is 9.59 Å². The molecule has 21 heavy (non-hydrogen) atoms. The maximum atomic E-state index is 12.2. The van der Waals surface area contributed by atoms with Crippen molar-refractivity contribution in [3.63, 3.8) is 0 Å². The van der Waals surface area contributed by atoms with E-state index in [1.807, 2.05) is 0 Å². The normalized spacial score (nSPS) is 10.7. The van der Waals surface area contributed by atoms with Crippen LogP contribution in [0.5, 0.6) is 0 Å². The van der Waals surface area contributed by atoms with Crippen molar-refractivity contribution < 1.29 is 14.0 Å². The molecule has 3 aromatic rings. The van der Waals surface area contributed by atoms with E-state index < -0.39 is 11.7 Å². The highest BCUT2D eigenvalue weighted by Gasteiger charge is 2.20. The van der Waals surface area contributed by atoms with Crippen LogP contribution in [0.4, 0.5) is 0 Å². The fourth-order valence-corrected chi connectivity index (χ4v) is 2.24. The third-order valence-corrected chi connectivity index (χ3v) is 3.33. The van der Waals surface area contributed by atoms with E-state index in [0.717, 1.165) is 5.52 Å². The molecule has 0 aliphatic carbocycles. The van der Waals surface area contributed by atoms with Gasteiger partial charge in [0.1, 0.15) is 5.76 Å². The number of Topliss-reactive ketones (excluding diaryl/α,β-unsaturated/α-hetero) is 1. The highest BCUT2D eigenvalue weighted by Crippen LogP contribution is 2.22. The molecule has 2 N–H and O–H groups in total. The molecule has 1 aromatic carbocycles. The van der Waals surface area contributed by atoms with Crippen LogP contribution in [0.2, 0.25) is 5.02 Å². The zero-order valence-electron chi connectivity index (χ0n) is 10.9. The largest absolute Gasteiger partial charge is 0.467 e. The second-order valence-corrected chi connectivity index (χ2v) is 4.92. The van der Waals surface area contributed by atoms with Gasteiger partial charge in [-0.15, -0.1) is 0 Å². The second kappa shape index (κ2) is 5.46. The van der Waals surface area contributed by atoms with Gasteiger partial charge < -0.3 is 14.7 Å². The number of nitrogens with one attached hydrogen (secondary N) is 2. The minimum atomic E-state index is -0.688. The van der Waals surface area contributed by atoms with Crippen LogP contribution in [-0.2, 0) is 11.3 Å². The van der Waals surface area contributed by atoms with Crippen molar-refractivity contribution >= 4 is 34.2 Å². The molecule has 0 radical (unpaired) electrons. The molecule has 0 aliphatic heterocycles. The van der Waals surface area contributed by atoms with E-state index in [2.05, 4.69) is 10.3 Å². The molecule has 1 amide bonds. The fraction of sp³-hybridized carbons (Fsp3) is 0.0667. The predicted octanol–water partition coefficient (Wildman–Crippen LogP) is 2.91. The summed E-state index contributed by atoms with van der Waals surface area (Å²) in [6.07, 6.45) is 3.01. The number of fused-ring (bicyclic) bond motifs is 1. The van der Waals surface area contributed by atoms with Gasteiger partial charge in [-0.1, -0.05) is 11.6 Å². The van der Waals surface area contributed by atoms with E-state index >= 15 is 0 Å². The number of hydrogen-bond donors (Lipinski definition) is 2. The van der Waals surface area contributed by atoms with Crippen molar-refractivity contribution in [2.24, 2.45) is 0 Å². The van der Waals surface area contributed by atoms with Crippen LogP contribution < -0.4 is 5.32 Å². The van der Waals surface area contributed by atoms with E-state index in [0.29, 0.717) is 21.7 Å². The van der Waals surface area contributed by atoms with Crippen molar-refractivity contribution in [1.82, 2.24) is 10.3 Å². The van der Waals surface area contributed by atoms with Gasteiger partial charge in [0.15, 0.2) is 0 Å². The second-order valence-electron chi connectivity index (χ2n) is 4.48. The predicted molar refractivity (Wildman–Crippen MR) is 78.2 cm³/mol. The number of carbonyl (C=O) groups is 2. The Morgan fingerprint density at radius 2 is 2.14 bits per heavy atom. The Labute approximate surface area is 124 Å². The Hall–Kier alpha value is -2.53. The van der Waals surface area contributed by atoms with Crippen LogP contribution in [0.25, 0.3) is 10.9 Å². The third kappa shape index (κ3) is 2.68. The SMILES string of the molecule is O=C(NCc1ccco1)C(=O)c1c[nH]c2ccc(Cl)cc12. The molecule has 106 valence electrons. The molecule has 0 aliphatic rings. The van der Waals surface area contributed by atoms with E-state index in [1.165, 1.54) is 12.5 Å². The molecule has 0 saturated heterocycles. The fourth-order valence-electron chi connectivity index (χ4n) is 2.06. The molecule has 5 nitrogen and oxygen atoms in total. The first kappa shape index (κ1) is 13.5. The summed E-state index contributed by atoms with van der Waals surface area (Å²) in [5.41, 5.74) is 1.05. The molecule has 2 heterocycles. The highest BCUT2D eigenvalue weighted by atomic mass is 35.5. The molecular formula is C15H11ClN2O3. The summed E-state index contributed by atoms with van der Waals surface area (Å²) >= 11 is 5.92. The summed E-state index contributed by atoms with van der Waals surface area (Å²) in [5, 5.41) is 3.66. The number of benzene rings is 1. The number of hydrogen-bond acceptors (Lipinski definition) is 3. The Balaban J connectivity index is 1.79. The molecule has 0 saturated carbocycles. The Morgan fingerprint density at radius 1 is 1.29 bits per heavy atom. The number of aromatic nitrogens is 1. The molecule has 0 fully saturated rings. The summed E-state index contributed by atoms with van der Waals surface area (Å²) in [4.78, 5) is 27.0. The van der Waals surface area contributed by atoms with Crippen molar-refractivity contribution in [2.75, 3.05) is 0 Å². The van der Waals surface area contributed by atoms with Gasteiger partial charge in [-0.05, 0) is 30.3 Å². The maximum absolute atomic E-state index is 12.2. The van der Waals surface area contributed by atoms with Crippen LogP contribution in [0, 0.1) is 0 Å². The molecule has 6 heteroatoms. The first-order valence-electron chi connectivity index (χ1n) is 6.26. The van der Waals surface area contributed by atoms with Crippen LogP contribution in [0.1, 0.15) is 16.1 Å². The van der Waals surface area contributed by atoms with Crippen LogP contribution in [0.15, 0.2) is 47.2 Å². The number of H-pyrrole nitrogens is 1.